The van der Waals surface area contributed by atoms with E-state index < -0.39 is 54.8 Å². The van der Waals surface area contributed by atoms with Gasteiger partial charge in [0.15, 0.2) is 0 Å². The lowest BCUT2D eigenvalue weighted by atomic mass is 10.2. The number of carbonyl (C=O) groups is 4. The lowest BCUT2D eigenvalue weighted by Gasteiger charge is -2.20. The second-order valence-corrected chi connectivity index (χ2v) is 4.47. The van der Waals surface area contributed by atoms with E-state index in [0.29, 0.717) is 0 Å². The number of amides is 3. The molecule has 0 saturated carbocycles. The first-order chi connectivity index (χ1) is 9.72. The number of hydrogen-bond acceptors (Lipinski definition) is 7. The fourth-order valence-corrected chi connectivity index (χ4v) is 1.50. The highest BCUT2D eigenvalue weighted by atomic mass is 32.1. The number of carboxylic acids is 1. The molecule has 8 N–H and O–H groups in total. The van der Waals surface area contributed by atoms with Gasteiger partial charge in [0.2, 0.25) is 17.7 Å². The molecule has 0 aliphatic heterocycles. The summed E-state index contributed by atoms with van der Waals surface area (Å²) in [6.07, 6.45) is -0.402. The maximum atomic E-state index is 11.7. The van der Waals surface area contributed by atoms with Gasteiger partial charge in [-0.25, -0.2) is 4.79 Å². The highest BCUT2D eigenvalue weighted by Gasteiger charge is 2.27. The second-order valence-electron chi connectivity index (χ2n) is 4.10. The van der Waals surface area contributed by atoms with Gasteiger partial charge < -0.3 is 32.3 Å². The van der Waals surface area contributed by atoms with Crippen molar-refractivity contribution in [2.45, 2.75) is 24.5 Å². The molecule has 0 spiro atoms. The molecule has 0 bridgehead atoms. The van der Waals surface area contributed by atoms with E-state index in [0.717, 1.165) is 0 Å². The van der Waals surface area contributed by atoms with Gasteiger partial charge in [-0.2, -0.15) is 12.6 Å². The molecule has 0 aromatic carbocycles. The summed E-state index contributed by atoms with van der Waals surface area (Å²) in [7, 11) is 0. The quantitative estimate of drug-likeness (QED) is 0.212. The zero-order chi connectivity index (χ0) is 16.6. The number of aliphatic hydroxyl groups is 1. The Morgan fingerprint density at radius 1 is 1.10 bits per heavy atom. The van der Waals surface area contributed by atoms with Crippen LogP contribution in [0.1, 0.15) is 6.42 Å². The summed E-state index contributed by atoms with van der Waals surface area (Å²) in [5.74, 6) is -4.01. The van der Waals surface area contributed by atoms with Crippen LogP contribution in [-0.2, 0) is 19.2 Å². The summed E-state index contributed by atoms with van der Waals surface area (Å²) in [5, 5.41) is 21.7. The van der Waals surface area contributed by atoms with Gasteiger partial charge in [-0.15, -0.1) is 0 Å². The van der Waals surface area contributed by atoms with Gasteiger partial charge in [-0.05, 0) is 0 Å². The van der Waals surface area contributed by atoms with E-state index in [-0.39, 0.29) is 5.75 Å². The Hall–Kier alpha value is -1.85. The third-order valence-electron chi connectivity index (χ3n) is 2.37. The van der Waals surface area contributed by atoms with Crippen LogP contribution >= 0.6 is 12.6 Å². The number of primary amides is 1. The number of hydrogen-bond donors (Lipinski definition) is 7. The van der Waals surface area contributed by atoms with Gasteiger partial charge in [0.1, 0.15) is 12.1 Å². The molecule has 0 aliphatic carbocycles. The van der Waals surface area contributed by atoms with E-state index in [9.17, 15) is 19.2 Å². The van der Waals surface area contributed by atoms with Crippen LogP contribution in [0.25, 0.3) is 0 Å². The summed E-state index contributed by atoms with van der Waals surface area (Å²) in [5.41, 5.74) is 10.3. The van der Waals surface area contributed by atoms with E-state index in [1.165, 1.54) is 0 Å². The minimum Gasteiger partial charge on any atom is -0.480 e. The zero-order valence-corrected chi connectivity index (χ0v) is 11.9. The average molecular weight is 322 g/mol. The fourth-order valence-electron chi connectivity index (χ4n) is 1.24. The molecule has 10 nitrogen and oxygen atoms in total. The van der Waals surface area contributed by atoms with Crippen molar-refractivity contribution in [3.05, 3.63) is 0 Å². The van der Waals surface area contributed by atoms with Crippen molar-refractivity contribution in [1.29, 1.82) is 0 Å². The predicted octanol–water partition coefficient (Wildman–Crippen LogP) is -3.83. The highest BCUT2D eigenvalue weighted by molar-refractivity contribution is 7.80. The van der Waals surface area contributed by atoms with Gasteiger partial charge in [0.25, 0.3) is 0 Å². The monoisotopic (exact) mass is 322 g/mol. The molecule has 0 saturated heterocycles. The van der Waals surface area contributed by atoms with Crippen molar-refractivity contribution in [1.82, 2.24) is 10.6 Å². The smallest absolute Gasteiger partial charge is 0.328 e. The molecule has 0 heterocycles. The van der Waals surface area contributed by atoms with Gasteiger partial charge in [-0.1, -0.05) is 0 Å². The van der Waals surface area contributed by atoms with Crippen molar-refractivity contribution in [3.8, 4) is 0 Å². The van der Waals surface area contributed by atoms with Crippen LogP contribution in [0.15, 0.2) is 0 Å². The van der Waals surface area contributed by atoms with Gasteiger partial charge in [0.05, 0.1) is 19.1 Å². The Labute approximate surface area is 125 Å². The van der Waals surface area contributed by atoms with Crippen LogP contribution in [0.4, 0.5) is 0 Å². The summed E-state index contributed by atoms with van der Waals surface area (Å²) >= 11 is 3.85. The van der Waals surface area contributed by atoms with E-state index in [1.54, 1.807) is 0 Å². The number of carboxylic acid groups (broad SMARTS) is 1. The number of nitrogens with two attached hydrogens (primary N) is 2. The predicted molar refractivity (Wildman–Crippen MR) is 74.2 cm³/mol. The van der Waals surface area contributed by atoms with E-state index in [4.69, 9.17) is 21.7 Å². The number of thiol groups is 1. The summed E-state index contributed by atoms with van der Waals surface area (Å²) < 4.78 is 0. The molecule has 0 unspecified atom stereocenters. The number of rotatable bonds is 9. The van der Waals surface area contributed by atoms with Crippen molar-refractivity contribution < 1.29 is 29.4 Å². The Balaban J connectivity index is 4.63. The maximum Gasteiger partial charge on any atom is 0.328 e. The summed E-state index contributed by atoms with van der Waals surface area (Å²) in [4.78, 5) is 44.7. The number of aliphatic carboxylic acids is 1. The molecule has 0 fully saturated rings. The van der Waals surface area contributed by atoms with Crippen molar-refractivity contribution >= 4 is 36.3 Å². The average Bonchev–Trinajstić information content (AvgIpc) is 2.40. The molecule has 11 heteroatoms. The lowest BCUT2D eigenvalue weighted by Crippen LogP contribution is -2.56. The standard InChI is InChI=1S/C10H18N4O6S/c11-4(1-7(12)16)8(17)14-6(3-21)9(18)13-5(2-15)10(19)20/h4-6,15,21H,1-3,11H2,(H2,12,16)(H,13,18)(H,14,17)(H,19,20)/t4-,5-,6-/m0/s1. The van der Waals surface area contributed by atoms with Gasteiger partial charge in [-0.3, -0.25) is 14.4 Å². The molecule has 120 valence electrons. The third-order valence-corrected chi connectivity index (χ3v) is 2.74. The molecule has 3 amide bonds. The first kappa shape index (κ1) is 19.1. The summed E-state index contributed by atoms with van der Waals surface area (Å²) in [6, 6.07) is -3.91. The maximum absolute atomic E-state index is 11.7. The van der Waals surface area contributed by atoms with E-state index >= 15 is 0 Å². The van der Waals surface area contributed by atoms with Crippen LogP contribution in [0, 0.1) is 0 Å². The Morgan fingerprint density at radius 3 is 2.00 bits per heavy atom. The van der Waals surface area contributed by atoms with Crippen LogP contribution < -0.4 is 22.1 Å². The van der Waals surface area contributed by atoms with E-state index in [2.05, 4.69) is 17.9 Å². The minimum atomic E-state index is -1.50. The van der Waals surface area contributed by atoms with E-state index in [1.807, 2.05) is 5.32 Å². The van der Waals surface area contributed by atoms with Gasteiger partial charge in [0, 0.05) is 5.75 Å². The molecule has 0 aliphatic rings. The first-order valence-corrected chi connectivity index (χ1v) is 6.45. The SMILES string of the molecule is NC(=O)C[C@H](N)C(=O)N[C@@H](CS)C(=O)N[C@@H](CO)C(=O)O. The van der Waals surface area contributed by atoms with Gasteiger partial charge >= 0.3 is 5.97 Å². The molecule has 0 aromatic rings. The largest absolute Gasteiger partial charge is 0.480 e. The normalized spacial score (nSPS) is 14.6. The number of nitrogens with one attached hydrogen (secondary N) is 2. The zero-order valence-electron chi connectivity index (χ0n) is 11.0. The molecular formula is C10H18N4O6S. The minimum absolute atomic E-state index is 0.140. The van der Waals surface area contributed by atoms with Crippen molar-refractivity contribution in [2.24, 2.45) is 11.5 Å². The fraction of sp³-hybridized carbons (Fsp3) is 0.600. The Kier molecular flexibility index (Phi) is 8.35. The second kappa shape index (κ2) is 9.15. The van der Waals surface area contributed by atoms with Crippen LogP contribution in [0.2, 0.25) is 0 Å². The molecule has 21 heavy (non-hydrogen) atoms. The Bertz CT molecular complexity index is 418. The molecule has 0 rings (SSSR count). The van der Waals surface area contributed by atoms with Crippen molar-refractivity contribution in [2.75, 3.05) is 12.4 Å². The third kappa shape index (κ3) is 6.92. The molecule has 0 radical (unpaired) electrons. The Morgan fingerprint density at radius 2 is 1.62 bits per heavy atom. The lowest BCUT2D eigenvalue weighted by molar-refractivity contribution is -0.143. The highest BCUT2D eigenvalue weighted by Crippen LogP contribution is 1.95. The summed E-state index contributed by atoms with van der Waals surface area (Å²) in [6.45, 7) is -0.810. The molecular weight excluding hydrogens is 304 g/mol. The van der Waals surface area contributed by atoms with Crippen LogP contribution in [0.3, 0.4) is 0 Å². The molecule has 0 aromatic heterocycles. The van der Waals surface area contributed by atoms with Crippen LogP contribution in [0.5, 0.6) is 0 Å². The first-order valence-electron chi connectivity index (χ1n) is 5.82. The molecule has 3 atom stereocenters. The number of aliphatic hydroxyl groups excluding tert-OH is 1. The van der Waals surface area contributed by atoms with Crippen LogP contribution in [-0.4, -0.2) is 64.4 Å². The van der Waals surface area contributed by atoms with Crippen molar-refractivity contribution in [3.63, 3.8) is 0 Å². The number of carbonyl (C=O) groups excluding carboxylic acids is 3. The topological polar surface area (TPSA) is 185 Å².